The summed E-state index contributed by atoms with van der Waals surface area (Å²) < 4.78 is 21.1. The molecule has 3 amide bonds. The Kier molecular flexibility index (Phi) is 30.0. The number of aliphatic hydroxyl groups is 15. The Morgan fingerprint density at radius 3 is 0.926 bits per heavy atom. The van der Waals surface area contributed by atoms with Gasteiger partial charge in [0.05, 0.1) is 45.6 Å². The summed E-state index contributed by atoms with van der Waals surface area (Å²) >= 11 is 0. The number of amides is 3. The molecule has 31 heteroatoms. The summed E-state index contributed by atoms with van der Waals surface area (Å²) in [5.74, 6) is -5.76. The molecule has 12 unspecified atom stereocenters. The molecule has 0 aliphatic carbocycles. The fraction of sp³-hybridized carbons (Fsp3) is 0.438. The molecular weight excluding hydrogens is 1250 g/mol. The lowest BCUT2D eigenvalue weighted by atomic mass is 9.95. The predicted molar refractivity (Wildman–Crippen MR) is 336 cm³/mol. The van der Waals surface area contributed by atoms with Crippen LogP contribution in [0.5, 0.6) is 17.2 Å². The lowest BCUT2D eigenvalue weighted by Crippen LogP contribution is -2.47. The lowest BCUT2D eigenvalue weighted by molar-refractivity contribution is -0.117. The van der Waals surface area contributed by atoms with E-state index in [2.05, 4.69) is 16.0 Å². The molecule has 0 aliphatic rings. The van der Waals surface area contributed by atoms with Gasteiger partial charge in [-0.15, -0.1) is 0 Å². The third kappa shape index (κ3) is 21.3. The quantitative estimate of drug-likeness (QED) is 0.0170. The Morgan fingerprint density at radius 2 is 0.642 bits per heavy atom. The number of pyridine rings is 3. The van der Waals surface area contributed by atoms with E-state index in [0.29, 0.717) is 16.7 Å². The number of nitrogens with one attached hydrogen (secondary N) is 3. The molecule has 0 radical (unpaired) electrons. The van der Waals surface area contributed by atoms with Gasteiger partial charge in [0.15, 0.2) is 34.3 Å². The number of nitrogens with zero attached hydrogens (tertiary/aromatic N) is 4. The second-order valence-electron chi connectivity index (χ2n) is 22.2. The van der Waals surface area contributed by atoms with Gasteiger partial charge in [-0.3, -0.25) is 33.7 Å². The molecule has 95 heavy (non-hydrogen) atoms. The van der Waals surface area contributed by atoms with Crippen LogP contribution in [0.3, 0.4) is 0 Å². The van der Waals surface area contributed by atoms with Crippen LogP contribution in [0.4, 0.5) is 0 Å². The van der Waals surface area contributed by atoms with Crippen molar-refractivity contribution in [1.29, 1.82) is 0 Å². The van der Waals surface area contributed by atoms with Gasteiger partial charge in [-0.2, -0.15) is 0 Å². The molecule has 31 nitrogen and oxygen atoms in total. The van der Waals surface area contributed by atoms with E-state index in [0.717, 1.165) is 39.7 Å². The van der Waals surface area contributed by atoms with Crippen LogP contribution in [0.25, 0.3) is 0 Å². The van der Waals surface area contributed by atoms with Crippen LogP contribution in [0.1, 0.15) is 48.2 Å². The molecule has 0 fully saturated rings. The standard InChI is InChI=1S/C64H83N7O24/c72-31-41(53(84)56(87)47(81)32-73)28-69-22-16-42(76)59(93-35-38-10-4-1-5-11-38)50(69)62(90)65-19-25-68(26-20-66-63(91)51-60(94-36-39-12-6-2-7-13-39)43(77)17-23-70(51)29-45(79)54(85)57(88)48(82)33-74)27-21-67-64(92)52-61(95-37-40-14-8-3-9-15-40)44(78)18-24-71(52)30-46(80)55(86)58(89)49(83)34-75/h1-18,22-24,41,45-49,53-58,72-75,79-89H,19-21,25-37H2,(H,65,90)(H,66,91)(H,67,92). The number of hydrogen-bond donors (Lipinski definition) is 18. The first-order valence-corrected chi connectivity index (χ1v) is 30.2. The molecule has 3 heterocycles. The van der Waals surface area contributed by atoms with E-state index in [4.69, 9.17) is 14.2 Å². The molecule has 6 aromatic rings. The van der Waals surface area contributed by atoms with Gasteiger partial charge in [0.1, 0.15) is 80.9 Å². The highest BCUT2D eigenvalue weighted by molar-refractivity contribution is 5.96. The van der Waals surface area contributed by atoms with Crippen LogP contribution in [0.2, 0.25) is 0 Å². The van der Waals surface area contributed by atoms with Crippen LogP contribution >= 0.6 is 0 Å². The second-order valence-corrected chi connectivity index (χ2v) is 22.2. The van der Waals surface area contributed by atoms with Gasteiger partial charge in [0.2, 0.25) is 16.3 Å². The molecular formula is C64H83N7O24. The number of carbonyl (C=O) groups is 3. The van der Waals surface area contributed by atoms with Gasteiger partial charge in [-0.05, 0) is 16.7 Å². The minimum absolute atomic E-state index is 0.168. The van der Waals surface area contributed by atoms with E-state index in [1.165, 1.54) is 10.8 Å². The molecule has 518 valence electrons. The molecule has 0 spiro atoms. The zero-order valence-electron chi connectivity index (χ0n) is 51.5. The van der Waals surface area contributed by atoms with Crippen molar-refractivity contribution in [2.75, 3.05) is 65.7 Å². The molecule has 3 aromatic heterocycles. The predicted octanol–water partition coefficient (Wildman–Crippen LogP) is -5.64. The summed E-state index contributed by atoms with van der Waals surface area (Å²) in [6.45, 7) is -7.79. The molecule has 0 aliphatic heterocycles. The number of aliphatic hydroxyl groups excluding tert-OH is 15. The third-order valence-corrected chi connectivity index (χ3v) is 15.4. The van der Waals surface area contributed by atoms with Crippen molar-refractivity contribution in [1.82, 2.24) is 34.6 Å². The average Bonchev–Trinajstić information content (AvgIpc) is 0.835. The SMILES string of the molecule is O=C(NCCN(CCNC(=O)c1c(OCc2ccccc2)c(=O)ccn1CC(O)C(O)C(O)C(O)CO)CCNC(=O)c1c(OCc2ccccc2)c(=O)ccn1CC(CO)C(O)C(O)C(O)CO)c1c(OCc2ccccc2)c(=O)ccn1CC(O)C(O)C(O)C(O)CO. The van der Waals surface area contributed by atoms with Crippen LogP contribution in [0.15, 0.2) is 142 Å². The van der Waals surface area contributed by atoms with Crippen molar-refractivity contribution >= 4 is 17.7 Å². The van der Waals surface area contributed by atoms with E-state index < -0.39 is 187 Å². The lowest BCUT2D eigenvalue weighted by Gasteiger charge is -2.29. The first kappa shape index (κ1) is 75.7. The van der Waals surface area contributed by atoms with E-state index in [9.17, 15) is 105 Å². The number of rotatable bonds is 40. The number of hydrogen-bond acceptors (Lipinski definition) is 25. The van der Waals surface area contributed by atoms with Gasteiger partial charge in [-0.1, -0.05) is 91.0 Å². The minimum atomic E-state index is -2.09. The Morgan fingerprint density at radius 1 is 0.368 bits per heavy atom. The van der Waals surface area contributed by atoms with Crippen molar-refractivity contribution in [2.24, 2.45) is 5.92 Å². The number of benzene rings is 3. The van der Waals surface area contributed by atoms with E-state index >= 15 is 0 Å². The van der Waals surface area contributed by atoms with Gasteiger partial charge in [0, 0.05) is 88.5 Å². The number of aromatic nitrogens is 3. The Labute approximate surface area is 543 Å². The Bertz CT molecular complexity index is 3400. The van der Waals surface area contributed by atoms with Crippen LogP contribution < -0.4 is 46.4 Å². The van der Waals surface area contributed by atoms with Gasteiger partial charge >= 0.3 is 0 Å². The van der Waals surface area contributed by atoms with Gasteiger partial charge in [0.25, 0.3) is 17.7 Å². The summed E-state index contributed by atoms with van der Waals surface area (Å²) in [5, 5.41) is 163. The summed E-state index contributed by atoms with van der Waals surface area (Å²) in [6, 6.07) is 28.6. The van der Waals surface area contributed by atoms with Crippen molar-refractivity contribution in [3.05, 3.63) is 192 Å². The fourth-order valence-electron chi connectivity index (χ4n) is 9.89. The van der Waals surface area contributed by atoms with Crippen molar-refractivity contribution in [3.63, 3.8) is 0 Å². The Hall–Kier alpha value is -8.32. The fourth-order valence-corrected chi connectivity index (χ4v) is 9.89. The molecule has 0 saturated carbocycles. The van der Waals surface area contributed by atoms with E-state index in [1.54, 1.807) is 95.9 Å². The van der Waals surface area contributed by atoms with Gasteiger partial charge < -0.3 is 120 Å². The highest BCUT2D eigenvalue weighted by atomic mass is 16.5. The summed E-state index contributed by atoms with van der Waals surface area (Å²) in [5.41, 5.74) is -1.99. The zero-order chi connectivity index (χ0) is 69.3. The number of carbonyl (C=O) groups excluding carboxylic acids is 3. The van der Waals surface area contributed by atoms with Crippen LogP contribution in [-0.4, -0.2) is 246 Å². The summed E-state index contributed by atoms with van der Waals surface area (Å²) in [7, 11) is 0. The normalized spacial score (nSPS) is 15.4. The molecule has 18 N–H and O–H groups in total. The van der Waals surface area contributed by atoms with Crippen molar-refractivity contribution in [3.8, 4) is 17.2 Å². The topological polar surface area (TPSA) is 488 Å². The van der Waals surface area contributed by atoms with Crippen LogP contribution in [0, 0.1) is 5.92 Å². The van der Waals surface area contributed by atoms with Crippen molar-refractivity contribution in [2.45, 2.75) is 107 Å². The van der Waals surface area contributed by atoms with E-state index in [-0.39, 0.29) is 59.1 Å². The summed E-state index contributed by atoms with van der Waals surface area (Å²) in [4.78, 5) is 86.0. The smallest absolute Gasteiger partial charge is 0.271 e. The van der Waals surface area contributed by atoms with Crippen molar-refractivity contribution < 1.29 is 105 Å². The first-order chi connectivity index (χ1) is 45.5. The molecule has 3 aromatic carbocycles. The monoisotopic (exact) mass is 1330 g/mol. The maximum absolute atomic E-state index is 14.6. The highest BCUT2D eigenvalue weighted by Crippen LogP contribution is 2.23. The highest BCUT2D eigenvalue weighted by Gasteiger charge is 2.35. The molecule has 12 atom stereocenters. The molecule has 0 saturated heterocycles. The average molecular weight is 1330 g/mol. The molecule has 6 rings (SSSR count). The first-order valence-electron chi connectivity index (χ1n) is 30.2. The second kappa shape index (κ2) is 37.7. The number of ether oxygens (including phenoxy) is 3. The minimum Gasteiger partial charge on any atom is -0.483 e. The maximum Gasteiger partial charge on any atom is 0.271 e. The summed E-state index contributed by atoms with van der Waals surface area (Å²) in [6.07, 6.45) is -18.2. The Balaban J connectivity index is 1.33. The zero-order valence-corrected chi connectivity index (χ0v) is 51.5. The van der Waals surface area contributed by atoms with E-state index in [1.807, 2.05) is 0 Å². The van der Waals surface area contributed by atoms with Gasteiger partial charge in [-0.25, -0.2) is 0 Å². The largest absolute Gasteiger partial charge is 0.483 e. The molecule has 0 bridgehead atoms. The third-order valence-electron chi connectivity index (χ3n) is 15.4. The van der Waals surface area contributed by atoms with Crippen LogP contribution in [-0.2, 0) is 39.5 Å². The maximum atomic E-state index is 14.6.